The minimum Gasteiger partial charge on any atom is -1.00 e. The monoisotopic (exact) mass is 123 g/mol. The molecule has 0 spiro atoms. The van der Waals surface area contributed by atoms with E-state index in [4.69, 9.17) is 0 Å². The van der Waals surface area contributed by atoms with E-state index in [0.717, 1.165) is 0 Å². The fourth-order valence-electron chi connectivity index (χ4n) is 0. The Balaban J connectivity index is -0.000000000833. The smallest absolute Gasteiger partial charge is 1.00 e. The Bertz CT molecular complexity index is 13.5. The number of rotatable bonds is 0. The second-order valence-electron chi connectivity index (χ2n) is 0. The van der Waals surface area contributed by atoms with Gasteiger partial charge in [-0.15, -0.1) is 0 Å². The Morgan fingerprint density at radius 3 is 1.50 bits per heavy atom. The molecule has 21 valence electrons. The molecule has 0 atom stereocenters. The SMILES string of the molecule is [B]C.[Ca+2].[H-].[H-].[Mn]. The zero-order valence-corrected chi connectivity index (χ0v) is 6.05. The minimum absolute atomic E-state index is 0. The van der Waals surface area contributed by atoms with Gasteiger partial charge in [0.05, 0.1) is 7.85 Å². The maximum absolute atomic E-state index is 4.50. The first-order chi connectivity index (χ1) is 1.00. The van der Waals surface area contributed by atoms with Crippen molar-refractivity contribution in [2.45, 2.75) is 6.82 Å². The summed E-state index contributed by atoms with van der Waals surface area (Å²) in [6, 6.07) is 0. The topological polar surface area (TPSA) is 0 Å². The van der Waals surface area contributed by atoms with Crippen LogP contribution in [0.1, 0.15) is 2.85 Å². The summed E-state index contributed by atoms with van der Waals surface area (Å²) < 4.78 is 0. The third-order valence-electron chi connectivity index (χ3n) is 0. The van der Waals surface area contributed by atoms with Gasteiger partial charge >= 0.3 is 37.7 Å². The Hall–Kier alpha value is 1.84. The second kappa shape index (κ2) is 21.0. The van der Waals surface area contributed by atoms with Crippen LogP contribution in [0.2, 0.25) is 6.82 Å². The Labute approximate surface area is 71.6 Å². The summed E-state index contributed by atoms with van der Waals surface area (Å²) in [5.74, 6) is 0. The molecule has 4 heavy (non-hydrogen) atoms. The van der Waals surface area contributed by atoms with Gasteiger partial charge in [0.25, 0.3) is 0 Å². The van der Waals surface area contributed by atoms with Gasteiger partial charge in [-0.25, -0.2) is 0 Å². The van der Waals surface area contributed by atoms with Crippen molar-refractivity contribution in [3.8, 4) is 0 Å². The third kappa shape index (κ3) is 9.14. The van der Waals surface area contributed by atoms with Gasteiger partial charge in [-0.3, -0.25) is 0 Å². The summed E-state index contributed by atoms with van der Waals surface area (Å²) in [5, 5.41) is 0. The standard InChI is InChI=1S/CH3B.Ca.Mn.2H/c1-2;;;;/h1H3;;;;/q;+2;;2*-1. The van der Waals surface area contributed by atoms with Crippen LogP contribution in [0.15, 0.2) is 0 Å². The molecular formula is CH5BCaMn. The molecule has 0 nitrogen and oxygen atoms in total. The number of hydrogen-bond acceptors (Lipinski definition) is 0. The molecule has 0 saturated heterocycles. The quantitative estimate of drug-likeness (QED) is 0.399. The van der Waals surface area contributed by atoms with Crippen LogP contribution in [0, 0.1) is 0 Å². The van der Waals surface area contributed by atoms with Gasteiger partial charge in [-0.05, 0) is 0 Å². The summed E-state index contributed by atoms with van der Waals surface area (Å²) in [4.78, 5) is 0. The van der Waals surface area contributed by atoms with Crippen molar-refractivity contribution in [3.63, 3.8) is 0 Å². The summed E-state index contributed by atoms with van der Waals surface area (Å²) in [6.07, 6.45) is 0. The van der Waals surface area contributed by atoms with E-state index in [9.17, 15) is 0 Å². The molecule has 0 aromatic heterocycles. The van der Waals surface area contributed by atoms with Gasteiger partial charge in [-0.2, -0.15) is 0 Å². The predicted octanol–water partition coefficient (Wildman–Crippen LogP) is 0.0447. The molecular weight excluding hydrogens is 118 g/mol. The first kappa shape index (κ1) is 17.0. The molecule has 0 bridgehead atoms. The van der Waals surface area contributed by atoms with Gasteiger partial charge in [0.15, 0.2) is 0 Å². The molecule has 0 rings (SSSR count). The van der Waals surface area contributed by atoms with E-state index in [2.05, 4.69) is 7.85 Å². The fraction of sp³-hybridized carbons (Fsp3) is 1.00. The second-order valence-corrected chi connectivity index (χ2v) is 0. The van der Waals surface area contributed by atoms with Crippen molar-refractivity contribution in [2.75, 3.05) is 0 Å². The van der Waals surface area contributed by atoms with Crippen LogP contribution in [0.4, 0.5) is 0 Å². The molecule has 0 N–H and O–H groups in total. The molecule has 0 heterocycles. The van der Waals surface area contributed by atoms with E-state index < -0.39 is 0 Å². The zero-order valence-electron chi connectivity index (χ0n) is 4.66. The molecule has 0 aromatic carbocycles. The van der Waals surface area contributed by atoms with Gasteiger partial charge in [0.1, 0.15) is 0 Å². The van der Waals surface area contributed by atoms with E-state index in [1.807, 2.05) is 0 Å². The van der Waals surface area contributed by atoms with E-state index >= 15 is 0 Å². The zero-order chi connectivity index (χ0) is 2.00. The van der Waals surface area contributed by atoms with Crippen LogP contribution < -0.4 is 0 Å². The fourth-order valence-corrected chi connectivity index (χ4v) is 0. The van der Waals surface area contributed by atoms with E-state index in [1.54, 1.807) is 0 Å². The molecule has 0 unspecified atom stereocenters. The minimum atomic E-state index is 0. The summed E-state index contributed by atoms with van der Waals surface area (Å²) in [5.41, 5.74) is 0. The first-order valence-corrected chi connectivity index (χ1v) is 0.577. The Morgan fingerprint density at radius 2 is 1.50 bits per heavy atom. The van der Waals surface area contributed by atoms with Gasteiger partial charge in [-0.1, -0.05) is 6.82 Å². The van der Waals surface area contributed by atoms with E-state index in [0.29, 0.717) is 0 Å². The van der Waals surface area contributed by atoms with Crippen molar-refractivity contribution < 1.29 is 19.9 Å². The van der Waals surface area contributed by atoms with Crippen LogP contribution in [0.25, 0.3) is 0 Å². The van der Waals surface area contributed by atoms with Crippen LogP contribution in [0.5, 0.6) is 0 Å². The molecule has 0 aliphatic rings. The predicted molar refractivity (Wildman–Crippen MR) is 19.6 cm³/mol. The molecule has 3 heteroatoms. The van der Waals surface area contributed by atoms with E-state index in [1.165, 1.54) is 6.82 Å². The molecule has 0 aromatic rings. The third-order valence-corrected chi connectivity index (χ3v) is 0. The van der Waals surface area contributed by atoms with Crippen molar-refractivity contribution in [1.29, 1.82) is 0 Å². The molecule has 0 aliphatic carbocycles. The maximum Gasteiger partial charge on any atom is 2.00 e. The van der Waals surface area contributed by atoms with Gasteiger partial charge < -0.3 is 2.85 Å². The van der Waals surface area contributed by atoms with Crippen molar-refractivity contribution in [3.05, 3.63) is 0 Å². The van der Waals surface area contributed by atoms with Crippen LogP contribution in [0.3, 0.4) is 0 Å². The van der Waals surface area contributed by atoms with Crippen LogP contribution >= 0.6 is 0 Å². The van der Waals surface area contributed by atoms with E-state index in [-0.39, 0.29) is 57.7 Å². The largest absolute Gasteiger partial charge is 2.00 e. The summed E-state index contributed by atoms with van der Waals surface area (Å²) >= 11 is 0. The molecule has 3 radical (unpaired) electrons. The number of hydrogen-bond donors (Lipinski definition) is 0. The normalized spacial score (nSPS) is 1.25. The van der Waals surface area contributed by atoms with Crippen molar-refractivity contribution in [2.24, 2.45) is 0 Å². The van der Waals surface area contributed by atoms with Crippen LogP contribution in [-0.2, 0) is 17.1 Å². The Morgan fingerprint density at radius 1 is 1.50 bits per heavy atom. The molecule has 0 aliphatic heterocycles. The van der Waals surface area contributed by atoms with Gasteiger partial charge in [0.2, 0.25) is 0 Å². The van der Waals surface area contributed by atoms with Crippen molar-refractivity contribution in [1.82, 2.24) is 0 Å². The summed E-state index contributed by atoms with van der Waals surface area (Å²) in [7, 11) is 4.50. The Kier molecular flexibility index (Phi) is 89.2. The maximum atomic E-state index is 4.50. The molecule has 0 saturated carbocycles. The summed E-state index contributed by atoms with van der Waals surface area (Å²) in [6.45, 7) is 1.50. The average molecular weight is 123 g/mol. The molecule has 0 fully saturated rings. The van der Waals surface area contributed by atoms with Crippen molar-refractivity contribution >= 4 is 45.6 Å². The first-order valence-electron chi connectivity index (χ1n) is 0.577. The van der Waals surface area contributed by atoms with Crippen LogP contribution in [-0.4, -0.2) is 45.6 Å². The average Bonchev–Trinajstić information content (AvgIpc) is 1.00. The molecule has 0 amide bonds. The van der Waals surface area contributed by atoms with Gasteiger partial charge in [0, 0.05) is 17.1 Å².